The smallest absolute Gasteiger partial charge is 0.0667 e. The van der Waals surface area contributed by atoms with E-state index >= 15 is 0 Å². The molecule has 1 aromatic carbocycles. The Labute approximate surface area is 105 Å². The van der Waals surface area contributed by atoms with Gasteiger partial charge >= 0.3 is 0 Å². The normalized spacial score (nSPS) is 12.9. The molecule has 1 rings (SSSR count). The molecule has 0 saturated heterocycles. The lowest BCUT2D eigenvalue weighted by Crippen LogP contribution is -2.28. The van der Waals surface area contributed by atoms with E-state index in [1.165, 1.54) is 5.56 Å². The van der Waals surface area contributed by atoms with Gasteiger partial charge in [0.25, 0.3) is 0 Å². The molecular weight excluding hydrogens is 210 g/mol. The Morgan fingerprint density at radius 3 is 2.53 bits per heavy atom. The largest absolute Gasteiger partial charge is 0.392 e. The Hall–Kier alpha value is -0.860. The molecule has 2 heteroatoms. The van der Waals surface area contributed by atoms with Crippen molar-refractivity contribution in [2.24, 2.45) is 5.92 Å². The Morgan fingerprint density at radius 2 is 1.88 bits per heavy atom. The van der Waals surface area contributed by atoms with Crippen molar-refractivity contribution in [1.29, 1.82) is 0 Å². The lowest BCUT2D eigenvalue weighted by molar-refractivity contribution is 0.146. The summed E-state index contributed by atoms with van der Waals surface area (Å²) >= 11 is 0. The van der Waals surface area contributed by atoms with Gasteiger partial charge in [-0.15, -0.1) is 0 Å². The van der Waals surface area contributed by atoms with Crippen molar-refractivity contribution in [2.75, 3.05) is 13.1 Å². The van der Waals surface area contributed by atoms with Crippen LogP contribution >= 0.6 is 0 Å². The maximum atomic E-state index is 9.67. The number of hydrogen-bond acceptors (Lipinski definition) is 2. The molecule has 96 valence electrons. The molecule has 0 aliphatic rings. The fraction of sp³-hybridized carbons (Fsp3) is 0.600. The van der Waals surface area contributed by atoms with Crippen molar-refractivity contribution in [3.05, 3.63) is 35.9 Å². The standard InChI is InChI=1S/C15H25NO/c1-13(2)11-15(17)12-16-10-6-9-14-7-4-3-5-8-14/h3-5,7-8,13,15-17H,6,9-12H2,1-2H3. The zero-order chi connectivity index (χ0) is 12.5. The van der Waals surface area contributed by atoms with E-state index in [2.05, 4.69) is 43.4 Å². The molecule has 1 unspecified atom stereocenters. The van der Waals surface area contributed by atoms with Crippen LogP contribution in [0.25, 0.3) is 0 Å². The maximum Gasteiger partial charge on any atom is 0.0667 e. The number of rotatable bonds is 8. The van der Waals surface area contributed by atoms with Crippen molar-refractivity contribution in [3.8, 4) is 0 Å². The van der Waals surface area contributed by atoms with E-state index in [4.69, 9.17) is 0 Å². The van der Waals surface area contributed by atoms with Crippen molar-refractivity contribution in [2.45, 2.75) is 39.2 Å². The minimum absolute atomic E-state index is 0.202. The summed E-state index contributed by atoms with van der Waals surface area (Å²) in [5.41, 5.74) is 1.39. The van der Waals surface area contributed by atoms with Crippen LogP contribution in [0, 0.1) is 5.92 Å². The number of hydrogen-bond donors (Lipinski definition) is 2. The predicted molar refractivity (Wildman–Crippen MR) is 73.1 cm³/mol. The molecule has 1 atom stereocenters. The van der Waals surface area contributed by atoms with Crippen LogP contribution in [0.2, 0.25) is 0 Å². The molecule has 0 spiro atoms. The van der Waals surface area contributed by atoms with E-state index in [0.717, 1.165) is 25.8 Å². The predicted octanol–water partition coefficient (Wildman–Crippen LogP) is 2.62. The second-order valence-corrected chi connectivity index (χ2v) is 5.08. The van der Waals surface area contributed by atoms with Gasteiger partial charge in [0.1, 0.15) is 0 Å². The summed E-state index contributed by atoms with van der Waals surface area (Å²) in [6, 6.07) is 10.5. The van der Waals surface area contributed by atoms with E-state index in [-0.39, 0.29) is 6.10 Å². The summed E-state index contributed by atoms with van der Waals surface area (Å²) in [6.45, 7) is 5.97. The molecular formula is C15H25NO. The molecule has 0 fully saturated rings. The first kappa shape index (κ1) is 14.2. The molecule has 0 saturated carbocycles. The van der Waals surface area contributed by atoms with Crippen LogP contribution in [-0.2, 0) is 6.42 Å². The number of aryl methyl sites for hydroxylation is 1. The van der Waals surface area contributed by atoms with Crippen molar-refractivity contribution < 1.29 is 5.11 Å². The van der Waals surface area contributed by atoms with Gasteiger partial charge in [-0.3, -0.25) is 0 Å². The summed E-state index contributed by atoms with van der Waals surface area (Å²) in [5, 5.41) is 13.0. The fourth-order valence-electron chi connectivity index (χ4n) is 1.96. The van der Waals surface area contributed by atoms with Gasteiger partial charge < -0.3 is 10.4 Å². The monoisotopic (exact) mass is 235 g/mol. The van der Waals surface area contributed by atoms with Gasteiger partial charge in [-0.1, -0.05) is 44.2 Å². The maximum absolute atomic E-state index is 9.67. The quantitative estimate of drug-likeness (QED) is 0.679. The Kier molecular flexibility index (Phi) is 6.90. The summed E-state index contributed by atoms with van der Waals surface area (Å²) in [6.07, 6.45) is 2.91. The highest BCUT2D eigenvalue weighted by atomic mass is 16.3. The Morgan fingerprint density at radius 1 is 1.18 bits per heavy atom. The number of nitrogens with one attached hydrogen (secondary N) is 1. The minimum Gasteiger partial charge on any atom is -0.392 e. The van der Waals surface area contributed by atoms with Crippen LogP contribution in [0.5, 0.6) is 0 Å². The van der Waals surface area contributed by atoms with E-state index in [9.17, 15) is 5.11 Å². The second kappa shape index (κ2) is 8.26. The van der Waals surface area contributed by atoms with Crippen LogP contribution in [-0.4, -0.2) is 24.3 Å². The molecule has 0 radical (unpaired) electrons. The van der Waals surface area contributed by atoms with Gasteiger partial charge in [-0.2, -0.15) is 0 Å². The third kappa shape index (κ3) is 7.14. The van der Waals surface area contributed by atoms with Crippen LogP contribution in [0.3, 0.4) is 0 Å². The van der Waals surface area contributed by atoms with Crippen LogP contribution in [0.1, 0.15) is 32.3 Å². The Bertz CT molecular complexity index is 284. The molecule has 0 aliphatic carbocycles. The zero-order valence-corrected chi connectivity index (χ0v) is 11.0. The average molecular weight is 235 g/mol. The number of aliphatic hydroxyl groups is 1. The highest BCUT2D eigenvalue weighted by molar-refractivity contribution is 5.14. The Balaban J connectivity index is 2.01. The first-order valence-electron chi connectivity index (χ1n) is 6.61. The summed E-state index contributed by atoms with van der Waals surface area (Å²) in [4.78, 5) is 0. The third-order valence-corrected chi connectivity index (χ3v) is 2.79. The van der Waals surface area contributed by atoms with E-state index in [0.29, 0.717) is 12.5 Å². The summed E-state index contributed by atoms with van der Waals surface area (Å²) in [5.74, 6) is 0.566. The van der Waals surface area contributed by atoms with Crippen molar-refractivity contribution >= 4 is 0 Å². The minimum atomic E-state index is -0.202. The molecule has 0 heterocycles. The van der Waals surface area contributed by atoms with Crippen molar-refractivity contribution in [1.82, 2.24) is 5.32 Å². The van der Waals surface area contributed by atoms with Crippen LogP contribution in [0.15, 0.2) is 30.3 Å². The topological polar surface area (TPSA) is 32.3 Å². The lowest BCUT2D eigenvalue weighted by Gasteiger charge is -2.13. The van der Waals surface area contributed by atoms with Gasteiger partial charge in [0.15, 0.2) is 0 Å². The highest BCUT2D eigenvalue weighted by Gasteiger charge is 2.05. The summed E-state index contributed by atoms with van der Waals surface area (Å²) < 4.78 is 0. The van der Waals surface area contributed by atoms with E-state index in [1.807, 2.05) is 6.07 Å². The van der Waals surface area contributed by atoms with Gasteiger partial charge in [0.2, 0.25) is 0 Å². The third-order valence-electron chi connectivity index (χ3n) is 2.79. The molecule has 2 N–H and O–H groups in total. The molecule has 0 aliphatic heterocycles. The molecule has 0 aromatic heterocycles. The molecule has 0 bridgehead atoms. The highest BCUT2D eigenvalue weighted by Crippen LogP contribution is 2.04. The molecule has 2 nitrogen and oxygen atoms in total. The van der Waals surface area contributed by atoms with E-state index < -0.39 is 0 Å². The van der Waals surface area contributed by atoms with E-state index in [1.54, 1.807) is 0 Å². The SMILES string of the molecule is CC(C)CC(O)CNCCCc1ccccc1. The summed E-state index contributed by atoms with van der Waals surface area (Å²) in [7, 11) is 0. The zero-order valence-electron chi connectivity index (χ0n) is 11.0. The first-order valence-corrected chi connectivity index (χ1v) is 6.61. The van der Waals surface area contributed by atoms with Crippen LogP contribution < -0.4 is 5.32 Å². The lowest BCUT2D eigenvalue weighted by atomic mass is 10.1. The molecule has 17 heavy (non-hydrogen) atoms. The molecule has 1 aromatic rings. The van der Waals surface area contributed by atoms with Gasteiger partial charge in [0, 0.05) is 6.54 Å². The molecule has 0 amide bonds. The van der Waals surface area contributed by atoms with Crippen LogP contribution in [0.4, 0.5) is 0 Å². The van der Waals surface area contributed by atoms with Gasteiger partial charge in [0.05, 0.1) is 6.10 Å². The van der Waals surface area contributed by atoms with Gasteiger partial charge in [-0.25, -0.2) is 0 Å². The van der Waals surface area contributed by atoms with Crippen molar-refractivity contribution in [3.63, 3.8) is 0 Å². The van der Waals surface area contributed by atoms with Gasteiger partial charge in [-0.05, 0) is 37.3 Å². The first-order chi connectivity index (χ1) is 8.18. The number of aliphatic hydroxyl groups excluding tert-OH is 1. The second-order valence-electron chi connectivity index (χ2n) is 5.08. The number of benzene rings is 1. The fourth-order valence-corrected chi connectivity index (χ4v) is 1.96. The average Bonchev–Trinajstić information content (AvgIpc) is 2.29.